The van der Waals surface area contributed by atoms with Gasteiger partial charge in [-0.1, -0.05) is 13.3 Å². The first kappa shape index (κ1) is 20.1. The van der Waals surface area contributed by atoms with Crippen LogP contribution in [-0.2, 0) is 0 Å². The van der Waals surface area contributed by atoms with Crippen LogP contribution < -0.4 is 15.4 Å². The van der Waals surface area contributed by atoms with Crippen molar-refractivity contribution in [3.05, 3.63) is 56.1 Å². The lowest BCUT2D eigenvalue weighted by molar-refractivity contribution is 0.0977. The highest BCUT2D eigenvalue weighted by atomic mass is 127. The Labute approximate surface area is 175 Å². The third-order valence-corrected chi connectivity index (χ3v) is 4.82. The molecule has 0 atom stereocenters. The van der Waals surface area contributed by atoms with Gasteiger partial charge in [-0.2, -0.15) is 0 Å². The van der Waals surface area contributed by atoms with E-state index in [0.717, 1.165) is 32.3 Å². The molecule has 2 rings (SSSR count). The molecule has 0 aliphatic heterocycles. The fraction of sp³-hybridized carbons (Fsp3) is 0.222. The van der Waals surface area contributed by atoms with Gasteiger partial charge in [0, 0.05) is 14.8 Å². The minimum Gasteiger partial charge on any atom is -0.492 e. The van der Waals surface area contributed by atoms with E-state index < -0.39 is 0 Å². The summed E-state index contributed by atoms with van der Waals surface area (Å²) >= 11 is 10.9. The Hall–Kier alpha value is -1.19. The molecule has 0 aromatic heterocycles. The van der Waals surface area contributed by atoms with Gasteiger partial charge in [0.1, 0.15) is 5.75 Å². The standard InChI is InChI=1S/C18H18BrIN2O2S/c1-2-3-10-24-16-9-4-12(11-15(16)19)17(23)22-18(25)21-14-7-5-13(20)6-8-14/h4-9,11H,2-3,10H2,1H3,(H2,21,22,23,25). The summed E-state index contributed by atoms with van der Waals surface area (Å²) in [5.41, 5.74) is 1.33. The fourth-order valence-corrected chi connectivity index (χ4v) is 3.02. The van der Waals surface area contributed by atoms with Crippen molar-refractivity contribution in [1.82, 2.24) is 5.32 Å². The molecule has 0 spiro atoms. The van der Waals surface area contributed by atoms with E-state index in [4.69, 9.17) is 17.0 Å². The number of thiocarbonyl (C=S) groups is 1. The first-order valence-electron chi connectivity index (χ1n) is 7.80. The summed E-state index contributed by atoms with van der Waals surface area (Å²) in [4.78, 5) is 12.3. The first-order chi connectivity index (χ1) is 12.0. The molecular weight excluding hydrogens is 515 g/mol. The van der Waals surface area contributed by atoms with Gasteiger partial charge in [-0.25, -0.2) is 0 Å². The van der Waals surface area contributed by atoms with Crippen LogP contribution >= 0.6 is 50.7 Å². The highest BCUT2D eigenvalue weighted by Gasteiger charge is 2.11. The molecule has 0 radical (unpaired) electrons. The predicted octanol–water partition coefficient (Wildman–Crippen LogP) is 5.36. The van der Waals surface area contributed by atoms with Gasteiger partial charge in [-0.15, -0.1) is 0 Å². The maximum Gasteiger partial charge on any atom is 0.257 e. The molecule has 0 fully saturated rings. The largest absolute Gasteiger partial charge is 0.492 e. The van der Waals surface area contributed by atoms with Crippen molar-refractivity contribution < 1.29 is 9.53 Å². The highest BCUT2D eigenvalue weighted by Crippen LogP contribution is 2.26. The number of hydrogen-bond donors (Lipinski definition) is 2. The van der Waals surface area contributed by atoms with Crippen molar-refractivity contribution in [2.45, 2.75) is 19.8 Å². The molecule has 0 bridgehead atoms. The Morgan fingerprint density at radius 2 is 1.96 bits per heavy atom. The van der Waals surface area contributed by atoms with Crippen molar-refractivity contribution in [3.63, 3.8) is 0 Å². The summed E-state index contributed by atoms with van der Waals surface area (Å²) in [7, 11) is 0. The second kappa shape index (κ2) is 10.1. The first-order valence-corrected chi connectivity index (χ1v) is 10.1. The van der Waals surface area contributed by atoms with Crippen molar-refractivity contribution in [1.29, 1.82) is 0 Å². The summed E-state index contributed by atoms with van der Waals surface area (Å²) in [6, 6.07) is 12.9. The Morgan fingerprint density at radius 1 is 1.24 bits per heavy atom. The zero-order valence-electron chi connectivity index (χ0n) is 13.6. The number of ether oxygens (including phenoxy) is 1. The molecule has 2 N–H and O–H groups in total. The number of carbonyl (C=O) groups is 1. The van der Waals surface area contributed by atoms with Gasteiger partial charge in [0.05, 0.1) is 11.1 Å². The summed E-state index contributed by atoms with van der Waals surface area (Å²) in [5.74, 6) is 0.452. The topological polar surface area (TPSA) is 50.4 Å². The average Bonchev–Trinajstić information content (AvgIpc) is 2.58. The minimum absolute atomic E-state index is 0.255. The van der Waals surface area contributed by atoms with Crippen LogP contribution in [0.5, 0.6) is 5.75 Å². The normalized spacial score (nSPS) is 10.2. The Morgan fingerprint density at radius 3 is 2.60 bits per heavy atom. The molecule has 0 aliphatic carbocycles. The van der Waals surface area contributed by atoms with Crippen molar-refractivity contribution >= 4 is 67.4 Å². The van der Waals surface area contributed by atoms with E-state index >= 15 is 0 Å². The number of carbonyl (C=O) groups excluding carboxylic acids is 1. The van der Waals surface area contributed by atoms with E-state index in [2.05, 4.69) is 56.1 Å². The van der Waals surface area contributed by atoms with Crippen LogP contribution in [0.1, 0.15) is 30.1 Å². The van der Waals surface area contributed by atoms with E-state index in [-0.39, 0.29) is 11.0 Å². The quantitative estimate of drug-likeness (QED) is 0.299. The van der Waals surface area contributed by atoms with E-state index in [1.807, 2.05) is 24.3 Å². The molecule has 1 amide bonds. The van der Waals surface area contributed by atoms with Crippen LogP contribution in [0.2, 0.25) is 0 Å². The van der Waals surface area contributed by atoms with Crippen LogP contribution in [0.3, 0.4) is 0 Å². The molecule has 0 unspecified atom stereocenters. The Balaban J connectivity index is 1.94. The number of hydrogen-bond acceptors (Lipinski definition) is 3. The van der Waals surface area contributed by atoms with Gasteiger partial charge in [0.2, 0.25) is 0 Å². The maximum atomic E-state index is 12.3. The molecule has 0 saturated heterocycles. The second-order valence-electron chi connectivity index (χ2n) is 5.26. The van der Waals surface area contributed by atoms with Crippen LogP contribution in [0, 0.1) is 3.57 Å². The molecule has 0 aliphatic rings. The predicted molar refractivity (Wildman–Crippen MR) is 117 cm³/mol. The number of unbranched alkanes of at least 4 members (excludes halogenated alkanes) is 1. The second-order valence-corrected chi connectivity index (χ2v) is 7.77. The van der Waals surface area contributed by atoms with Gasteiger partial charge in [-0.05, 0) is 99.6 Å². The average molecular weight is 533 g/mol. The lowest BCUT2D eigenvalue weighted by atomic mass is 10.2. The number of nitrogens with one attached hydrogen (secondary N) is 2. The zero-order valence-corrected chi connectivity index (χ0v) is 18.2. The fourth-order valence-electron chi connectivity index (χ4n) is 1.96. The smallest absolute Gasteiger partial charge is 0.257 e. The van der Waals surface area contributed by atoms with E-state index in [0.29, 0.717) is 12.2 Å². The van der Waals surface area contributed by atoms with Crippen LogP contribution in [0.15, 0.2) is 46.9 Å². The molecule has 0 heterocycles. The lowest BCUT2D eigenvalue weighted by Gasteiger charge is -2.11. The monoisotopic (exact) mass is 532 g/mol. The molecule has 132 valence electrons. The Bertz CT molecular complexity index is 753. The number of amides is 1. The highest BCUT2D eigenvalue weighted by molar-refractivity contribution is 14.1. The van der Waals surface area contributed by atoms with Gasteiger partial charge >= 0.3 is 0 Å². The number of benzene rings is 2. The summed E-state index contributed by atoms with van der Waals surface area (Å²) in [6.07, 6.45) is 2.07. The summed E-state index contributed by atoms with van der Waals surface area (Å²) in [6.45, 7) is 2.77. The minimum atomic E-state index is -0.274. The summed E-state index contributed by atoms with van der Waals surface area (Å²) < 4.78 is 7.54. The van der Waals surface area contributed by atoms with E-state index in [1.54, 1.807) is 18.2 Å². The maximum absolute atomic E-state index is 12.3. The van der Waals surface area contributed by atoms with Crippen LogP contribution in [0.25, 0.3) is 0 Å². The summed E-state index contributed by atoms with van der Waals surface area (Å²) in [5, 5.41) is 5.92. The lowest BCUT2D eigenvalue weighted by Crippen LogP contribution is -2.34. The molecule has 25 heavy (non-hydrogen) atoms. The molecule has 2 aromatic carbocycles. The van der Waals surface area contributed by atoms with Gasteiger partial charge < -0.3 is 10.1 Å². The van der Waals surface area contributed by atoms with E-state index in [1.165, 1.54) is 0 Å². The number of halogens is 2. The van der Waals surface area contributed by atoms with Gasteiger partial charge in [0.25, 0.3) is 5.91 Å². The third-order valence-electron chi connectivity index (χ3n) is 3.28. The van der Waals surface area contributed by atoms with Crippen LogP contribution in [0.4, 0.5) is 5.69 Å². The van der Waals surface area contributed by atoms with Crippen molar-refractivity contribution in [3.8, 4) is 5.75 Å². The van der Waals surface area contributed by atoms with Crippen molar-refractivity contribution in [2.24, 2.45) is 0 Å². The molecule has 7 heteroatoms. The number of rotatable bonds is 6. The van der Waals surface area contributed by atoms with Crippen LogP contribution in [-0.4, -0.2) is 17.6 Å². The molecule has 4 nitrogen and oxygen atoms in total. The third kappa shape index (κ3) is 6.56. The molecule has 2 aromatic rings. The van der Waals surface area contributed by atoms with Gasteiger partial charge in [0.15, 0.2) is 5.11 Å². The van der Waals surface area contributed by atoms with E-state index in [9.17, 15) is 4.79 Å². The molecular formula is C18H18BrIN2O2S. The SMILES string of the molecule is CCCCOc1ccc(C(=O)NC(=S)Nc2ccc(I)cc2)cc1Br. The zero-order chi connectivity index (χ0) is 18.2. The van der Waals surface area contributed by atoms with Crippen molar-refractivity contribution in [2.75, 3.05) is 11.9 Å². The van der Waals surface area contributed by atoms with Gasteiger partial charge in [-0.3, -0.25) is 10.1 Å². The number of anilines is 1. The Kier molecular flexibility index (Phi) is 8.11. The molecule has 0 saturated carbocycles.